The Morgan fingerprint density at radius 1 is 1.06 bits per heavy atom. The molecule has 0 bridgehead atoms. The highest BCUT2D eigenvalue weighted by Gasteiger charge is 2.58. The van der Waals surface area contributed by atoms with E-state index in [-0.39, 0.29) is 25.2 Å². The molecule has 0 aromatic heterocycles. The van der Waals surface area contributed by atoms with Crippen LogP contribution in [0.25, 0.3) is 0 Å². The van der Waals surface area contributed by atoms with Gasteiger partial charge in [0.2, 0.25) is 10.0 Å². The van der Waals surface area contributed by atoms with Crippen molar-refractivity contribution in [2.75, 3.05) is 39.0 Å². The van der Waals surface area contributed by atoms with Crippen molar-refractivity contribution in [3.8, 4) is 0 Å². The standard InChI is InChI=1S/C25H30N4O5S/c1-35(32,33)29(21-12-13-21)15-14-26-23(30)27-16-17-28-22(18-27)25(34-24(28)31,19-8-4-2-5-9-19)20-10-6-3-7-11-20/h2-11,21-22H,12-18H2,1H3,(H,26,30). The molecule has 1 aliphatic carbocycles. The molecular weight excluding hydrogens is 468 g/mol. The van der Waals surface area contributed by atoms with Crippen LogP contribution in [0, 0.1) is 0 Å². The number of sulfonamides is 1. The van der Waals surface area contributed by atoms with Crippen LogP contribution in [-0.4, -0.2) is 85.7 Å². The Bertz CT molecular complexity index is 1150. The van der Waals surface area contributed by atoms with Gasteiger partial charge in [-0.1, -0.05) is 60.7 Å². The van der Waals surface area contributed by atoms with Crippen LogP contribution in [0.3, 0.4) is 0 Å². The smallest absolute Gasteiger partial charge is 0.411 e. The van der Waals surface area contributed by atoms with E-state index < -0.39 is 27.8 Å². The molecular formula is C25H30N4O5S. The molecule has 0 radical (unpaired) electrons. The third kappa shape index (κ3) is 4.48. The third-order valence-electron chi connectivity index (χ3n) is 7.01. The summed E-state index contributed by atoms with van der Waals surface area (Å²) in [6.07, 6.45) is 2.53. The van der Waals surface area contributed by atoms with Crippen LogP contribution in [0.5, 0.6) is 0 Å². The van der Waals surface area contributed by atoms with Crippen molar-refractivity contribution in [1.29, 1.82) is 0 Å². The van der Waals surface area contributed by atoms with Crippen molar-refractivity contribution in [3.05, 3.63) is 71.8 Å². The van der Waals surface area contributed by atoms with Gasteiger partial charge >= 0.3 is 12.1 Å². The first-order valence-electron chi connectivity index (χ1n) is 11.9. The minimum Gasteiger partial charge on any atom is -0.431 e. The van der Waals surface area contributed by atoms with E-state index in [1.807, 2.05) is 60.7 Å². The maximum Gasteiger partial charge on any atom is 0.411 e. The Balaban J connectivity index is 1.35. The Morgan fingerprint density at radius 3 is 2.20 bits per heavy atom. The molecule has 2 aromatic rings. The second kappa shape index (κ2) is 9.16. The Morgan fingerprint density at radius 2 is 1.66 bits per heavy atom. The van der Waals surface area contributed by atoms with E-state index in [2.05, 4.69) is 5.32 Å². The SMILES string of the molecule is CS(=O)(=O)N(CCNC(=O)N1CCN2C(=O)OC(c3ccccc3)(c3ccccc3)C2C1)C1CC1. The molecule has 2 aliphatic heterocycles. The number of nitrogens with zero attached hydrogens (tertiary/aromatic N) is 3. The zero-order valence-electron chi connectivity index (χ0n) is 19.7. The lowest BCUT2D eigenvalue weighted by Gasteiger charge is -2.42. The fourth-order valence-corrected chi connectivity index (χ4v) is 6.38. The van der Waals surface area contributed by atoms with Crippen LogP contribution >= 0.6 is 0 Å². The van der Waals surface area contributed by atoms with Crippen LogP contribution < -0.4 is 5.32 Å². The number of rotatable bonds is 7. The quantitative estimate of drug-likeness (QED) is 0.631. The highest BCUT2D eigenvalue weighted by Crippen LogP contribution is 2.45. The molecule has 2 saturated heterocycles. The first-order chi connectivity index (χ1) is 16.8. The molecule has 2 aromatic carbocycles. The first-order valence-corrected chi connectivity index (χ1v) is 13.8. The van der Waals surface area contributed by atoms with Gasteiger partial charge in [-0.2, -0.15) is 4.31 Å². The molecule has 1 N–H and O–H groups in total. The van der Waals surface area contributed by atoms with Crippen LogP contribution in [0.15, 0.2) is 60.7 Å². The highest BCUT2D eigenvalue weighted by molar-refractivity contribution is 7.88. The summed E-state index contributed by atoms with van der Waals surface area (Å²) in [6, 6.07) is 18.6. The summed E-state index contributed by atoms with van der Waals surface area (Å²) in [4.78, 5) is 29.4. The molecule has 1 atom stereocenters. The van der Waals surface area contributed by atoms with Gasteiger partial charge in [0.05, 0.1) is 6.26 Å². The first kappa shape index (κ1) is 23.6. The predicted octanol–water partition coefficient (Wildman–Crippen LogP) is 2.20. The van der Waals surface area contributed by atoms with Crippen LogP contribution in [0.1, 0.15) is 24.0 Å². The Kier molecular flexibility index (Phi) is 6.18. The van der Waals surface area contributed by atoms with Gasteiger partial charge in [-0.05, 0) is 12.8 Å². The van der Waals surface area contributed by atoms with Crippen LogP contribution in [-0.2, 0) is 20.4 Å². The number of amides is 3. The molecule has 35 heavy (non-hydrogen) atoms. The van der Waals surface area contributed by atoms with E-state index in [9.17, 15) is 18.0 Å². The second-order valence-corrected chi connectivity index (χ2v) is 11.3. The molecule has 186 valence electrons. The van der Waals surface area contributed by atoms with E-state index in [1.54, 1.807) is 9.80 Å². The molecule has 10 heteroatoms. The van der Waals surface area contributed by atoms with Gasteiger partial charge in [0.15, 0.2) is 5.60 Å². The van der Waals surface area contributed by atoms with Crippen molar-refractivity contribution >= 4 is 22.1 Å². The van der Waals surface area contributed by atoms with E-state index in [0.717, 1.165) is 24.0 Å². The van der Waals surface area contributed by atoms with Crippen molar-refractivity contribution < 1.29 is 22.7 Å². The summed E-state index contributed by atoms with van der Waals surface area (Å²) in [6.45, 7) is 1.49. The lowest BCUT2D eigenvalue weighted by molar-refractivity contribution is 0.0512. The van der Waals surface area contributed by atoms with E-state index in [0.29, 0.717) is 19.6 Å². The summed E-state index contributed by atoms with van der Waals surface area (Å²) in [5, 5.41) is 2.87. The van der Waals surface area contributed by atoms with Crippen molar-refractivity contribution in [2.24, 2.45) is 0 Å². The molecule has 3 aliphatic rings. The number of ether oxygens (including phenoxy) is 1. The van der Waals surface area contributed by atoms with Crippen LogP contribution in [0.2, 0.25) is 0 Å². The highest BCUT2D eigenvalue weighted by atomic mass is 32.2. The Labute approximate surface area is 205 Å². The van der Waals surface area contributed by atoms with E-state index >= 15 is 0 Å². The maximum absolute atomic E-state index is 13.1. The summed E-state index contributed by atoms with van der Waals surface area (Å²) in [7, 11) is -3.31. The summed E-state index contributed by atoms with van der Waals surface area (Å²) < 4.78 is 31.7. The maximum atomic E-state index is 13.1. The summed E-state index contributed by atoms with van der Waals surface area (Å²) >= 11 is 0. The van der Waals surface area contributed by atoms with Gasteiger partial charge in [-0.25, -0.2) is 18.0 Å². The molecule has 3 fully saturated rings. The molecule has 9 nitrogen and oxygen atoms in total. The molecule has 2 heterocycles. The van der Waals surface area contributed by atoms with E-state index in [1.165, 1.54) is 10.6 Å². The summed E-state index contributed by atoms with van der Waals surface area (Å²) in [5.74, 6) is 0. The number of hydrogen-bond donors (Lipinski definition) is 1. The Hall–Kier alpha value is -3.11. The fraction of sp³-hybridized carbons (Fsp3) is 0.440. The van der Waals surface area contributed by atoms with Crippen molar-refractivity contribution in [2.45, 2.75) is 30.5 Å². The average Bonchev–Trinajstić information content (AvgIpc) is 3.65. The lowest BCUT2D eigenvalue weighted by Crippen LogP contribution is -2.60. The summed E-state index contributed by atoms with van der Waals surface area (Å²) in [5.41, 5.74) is 0.655. The number of urea groups is 1. The van der Waals surface area contributed by atoms with Gasteiger partial charge in [0.25, 0.3) is 0 Å². The predicted molar refractivity (Wildman–Crippen MR) is 130 cm³/mol. The number of carbonyl (C=O) groups excluding carboxylic acids is 2. The topological polar surface area (TPSA) is 99.3 Å². The number of nitrogens with one attached hydrogen (secondary N) is 1. The molecule has 5 rings (SSSR count). The molecule has 3 amide bonds. The van der Waals surface area contributed by atoms with Gasteiger partial charge in [0, 0.05) is 49.9 Å². The molecule has 0 spiro atoms. The largest absolute Gasteiger partial charge is 0.431 e. The molecule has 1 saturated carbocycles. The molecule has 1 unspecified atom stereocenters. The number of piperazine rings is 1. The number of fused-ring (bicyclic) bond motifs is 1. The zero-order chi connectivity index (χ0) is 24.6. The van der Waals surface area contributed by atoms with Gasteiger partial charge in [-0.15, -0.1) is 0 Å². The lowest BCUT2D eigenvalue weighted by atomic mass is 9.79. The van der Waals surface area contributed by atoms with E-state index in [4.69, 9.17) is 4.74 Å². The number of hydrogen-bond acceptors (Lipinski definition) is 5. The number of cyclic esters (lactones) is 1. The van der Waals surface area contributed by atoms with Gasteiger partial charge < -0.3 is 15.0 Å². The minimum atomic E-state index is -3.31. The van der Waals surface area contributed by atoms with Gasteiger partial charge in [-0.3, -0.25) is 4.90 Å². The fourth-order valence-electron chi connectivity index (χ4n) is 5.21. The average molecular weight is 499 g/mol. The number of benzene rings is 2. The van der Waals surface area contributed by atoms with Crippen molar-refractivity contribution in [3.63, 3.8) is 0 Å². The van der Waals surface area contributed by atoms with Crippen molar-refractivity contribution in [1.82, 2.24) is 19.4 Å². The monoisotopic (exact) mass is 498 g/mol. The minimum absolute atomic E-state index is 0.0458. The third-order valence-corrected chi connectivity index (χ3v) is 8.35. The van der Waals surface area contributed by atoms with Crippen LogP contribution in [0.4, 0.5) is 9.59 Å². The normalized spacial score (nSPS) is 21.5. The second-order valence-electron chi connectivity index (χ2n) is 9.33. The zero-order valence-corrected chi connectivity index (χ0v) is 20.5. The number of carbonyl (C=O) groups is 2. The van der Waals surface area contributed by atoms with Gasteiger partial charge in [0.1, 0.15) is 6.04 Å².